The minimum Gasteiger partial charge on any atom is -0.507 e. The molecule has 142 valence electrons. The SMILES string of the molecule is C=C(CC)/C(=C/CO)C(O)CC/C(=C/c1ccccc1O)c1ccccn1. The summed E-state index contributed by atoms with van der Waals surface area (Å²) in [5.41, 5.74) is 3.93. The molecule has 0 bridgehead atoms. The molecule has 0 saturated heterocycles. The average molecular weight is 365 g/mol. The zero-order valence-electron chi connectivity index (χ0n) is 15.7. The minimum absolute atomic E-state index is 0.133. The molecular weight excluding hydrogens is 338 g/mol. The molecule has 1 unspecified atom stereocenters. The maximum atomic E-state index is 10.6. The van der Waals surface area contributed by atoms with E-state index in [-0.39, 0.29) is 12.4 Å². The summed E-state index contributed by atoms with van der Waals surface area (Å²) in [7, 11) is 0. The summed E-state index contributed by atoms with van der Waals surface area (Å²) in [5.74, 6) is 0.201. The van der Waals surface area contributed by atoms with Crippen LogP contribution in [0.15, 0.2) is 72.5 Å². The van der Waals surface area contributed by atoms with Gasteiger partial charge in [-0.25, -0.2) is 0 Å². The second-order valence-corrected chi connectivity index (χ2v) is 6.30. The van der Waals surface area contributed by atoms with Crippen molar-refractivity contribution in [2.45, 2.75) is 32.3 Å². The minimum atomic E-state index is -0.721. The number of phenolic OH excluding ortho intramolecular Hbond substituents is 1. The summed E-state index contributed by atoms with van der Waals surface area (Å²) in [6.07, 6.45) is 6.25. The van der Waals surface area contributed by atoms with Crippen molar-refractivity contribution in [2.75, 3.05) is 6.61 Å². The standard InChI is InChI=1S/C23H27NO3/c1-3-17(2)20(13-15-25)23(27)12-11-18(21-9-6-7-14-24-21)16-19-8-4-5-10-22(19)26/h4-10,13-14,16,23,25-27H,2-3,11-12,15H2,1H3/b18-16-,20-13-. The molecule has 1 aromatic carbocycles. The van der Waals surface area contributed by atoms with Gasteiger partial charge in [0.25, 0.3) is 0 Å². The van der Waals surface area contributed by atoms with E-state index in [0.29, 0.717) is 30.4 Å². The van der Waals surface area contributed by atoms with Gasteiger partial charge in [-0.3, -0.25) is 4.98 Å². The van der Waals surface area contributed by atoms with Gasteiger partial charge in [-0.15, -0.1) is 0 Å². The highest BCUT2D eigenvalue weighted by atomic mass is 16.3. The number of pyridine rings is 1. The number of nitrogens with zero attached hydrogens (tertiary/aromatic N) is 1. The van der Waals surface area contributed by atoms with Crippen LogP contribution in [0, 0.1) is 0 Å². The maximum Gasteiger partial charge on any atom is 0.122 e. The van der Waals surface area contributed by atoms with E-state index >= 15 is 0 Å². The number of para-hydroxylation sites is 1. The molecule has 2 aromatic rings. The third kappa shape index (κ3) is 5.91. The van der Waals surface area contributed by atoms with Crippen LogP contribution in [0.1, 0.15) is 37.4 Å². The predicted octanol–water partition coefficient (Wildman–Crippen LogP) is 4.35. The fourth-order valence-electron chi connectivity index (χ4n) is 2.89. The first-order valence-corrected chi connectivity index (χ1v) is 9.13. The first kappa shape index (κ1) is 20.6. The van der Waals surface area contributed by atoms with Crippen LogP contribution in [0.25, 0.3) is 11.6 Å². The third-order valence-electron chi connectivity index (χ3n) is 4.45. The number of hydrogen-bond acceptors (Lipinski definition) is 4. The fraction of sp³-hybridized carbons (Fsp3) is 0.261. The van der Waals surface area contributed by atoms with Crippen LogP contribution in [-0.4, -0.2) is 33.0 Å². The van der Waals surface area contributed by atoms with E-state index in [4.69, 9.17) is 0 Å². The van der Waals surface area contributed by atoms with Crippen LogP contribution in [0.4, 0.5) is 0 Å². The number of hydrogen-bond donors (Lipinski definition) is 3. The molecule has 0 aliphatic heterocycles. The first-order valence-electron chi connectivity index (χ1n) is 9.13. The molecule has 0 spiro atoms. The Morgan fingerprint density at radius 1 is 1.19 bits per heavy atom. The highest BCUT2D eigenvalue weighted by molar-refractivity contribution is 5.81. The molecule has 0 saturated carbocycles. The van der Waals surface area contributed by atoms with Crippen molar-refractivity contribution < 1.29 is 15.3 Å². The normalized spacial score (nSPS) is 13.4. The topological polar surface area (TPSA) is 73.6 Å². The van der Waals surface area contributed by atoms with Gasteiger partial charge in [-0.2, -0.15) is 0 Å². The van der Waals surface area contributed by atoms with Crippen molar-refractivity contribution in [3.05, 3.63) is 83.7 Å². The predicted molar refractivity (Wildman–Crippen MR) is 110 cm³/mol. The van der Waals surface area contributed by atoms with Crippen molar-refractivity contribution in [1.82, 2.24) is 4.98 Å². The van der Waals surface area contributed by atoms with Gasteiger partial charge in [-0.05, 0) is 60.3 Å². The van der Waals surface area contributed by atoms with Gasteiger partial charge < -0.3 is 15.3 Å². The van der Waals surface area contributed by atoms with Crippen molar-refractivity contribution in [2.24, 2.45) is 0 Å². The maximum absolute atomic E-state index is 10.6. The smallest absolute Gasteiger partial charge is 0.122 e. The lowest BCUT2D eigenvalue weighted by Gasteiger charge is -2.18. The zero-order valence-corrected chi connectivity index (χ0v) is 15.7. The van der Waals surface area contributed by atoms with Gasteiger partial charge >= 0.3 is 0 Å². The molecule has 1 heterocycles. The molecule has 4 heteroatoms. The van der Waals surface area contributed by atoms with E-state index < -0.39 is 6.10 Å². The van der Waals surface area contributed by atoms with Gasteiger partial charge in [0.15, 0.2) is 0 Å². The summed E-state index contributed by atoms with van der Waals surface area (Å²) >= 11 is 0. The quantitative estimate of drug-likeness (QED) is 0.578. The highest BCUT2D eigenvalue weighted by Gasteiger charge is 2.15. The molecule has 1 aromatic heterocycles. The average Bonchev–Trinajstić information content (AvgIpc) is 2.70. The molecule has 0 amide bonds. The first-order chi connectivity index (χ1) is 13.1. The summed E-state index contributed by atoms with van der Waals surface area (Å²) in [6, 6.07) is 12.8. The van der Waals surface area contributed by atoms with Crippen LogP contribution >= 0.6 is 0 Å². The lowest BCUT2D eigenvalue weighted by molar-refractivity contribution is 0.202. The van der Waals surface area contributed by atoms with Gasteiger partial charge in [-0.1, -0.05) is 43.8 Å². The summed E-state index contributed by atoms with van der Waals surface area (Å²) in [6.45, 7) is 5.82. The Morgan fingerprint density at radius 3 is 2.56 bits per heavy atom. The second-order valence-electron chi connectivity index (χ2n) is 6.30. The highest BCUT2D eigenvalue weighted by Crippen LogP contribution is 2.28. The lowest BCUT2D eigenvalue weighted by atomic mass is 9.93. The molecule has 0 aliphatic carbocycles. The molecule has 0 aliphatic rings. The van der Waals surface area contributed by atoms with Crippen molar-refractivity contribution in [1.29, 1.82) is 0 Å². The van der Waals surface area contributed by atoms with Crippen LogP contribution in [0.2, 0.25) is 0 Å². The van der Waals surface area contributed by atoms with Crippen molar-refractivity contribution >= 4 is 11.6 Å². The van der Waals surface area contributed by atoms with Crippen LogP contribution in [0.3, 0.4) is 0 Å². The number of aliphatic hydroxyl groups excluding tert-OH is 2. The van der Waals surface area contributed by atoms with E-state index in [9.17, 15) is 15.3 Å². The monoisotopic (exact) mass is 365 g/mol. The van der Waals surface area contributed by atoms with Crippen molar-refractivity contribution in [3.8, 4) is 5.75 Å². The number of aromatic hydroxyl groups is 1. The third-order valence-corrected chi connectivity index (χ3v) is 4.45. The van der Waals surface area contributed by atoms with Gasteiger partial charge in [0, 0.05) is 11.8 Å². The molecule has 2 rings (SSSR count). The summed E-state index contributed by atoms with van der Waals surface area (Å²) in [5, 5.41) is 29.9. The Kier molecular flexibility index (Phi) is 7.99. The number of phenols is 1. The molecule has 0 radical (unpaired) electrons. The number of aromatic nitrogens is 1. The number of allylic oxidation sites excluding steroid dienone is 1. The van der Waals surface area contributed by atoms with Crippen LogP contribution in [0.5, 0.6) is 5.75 Å². The number of benzene rings is 1. The Hall–Kier alpha value is -2.69. The number of aliphatic hydroxyl groups is 2. The van der Waals surface area contributed by atoms with E-state index in [0.717, 1.165) is 16.8 Å². The van der Waals surface area contributed by atoms with E-state index in [1.807, 2.05) is 43.3 Å². The van der Waals surface area contributed by atoms with E-state index in [1.54, 1.807) is 24.4 Å². The van der Waals surface area contributed by atoms with Crippen LogP contribution in [-0.2, 0) is 0 Å². The summed E-state index contributed by atoms with van der Waals surface area (Å²) in [4.78, 5) is 4.41. The molecule has 4 nitrogen and oxygen atoms in total. The van der Waals surface area contributed by atoms with Crippen LogP contribution < -0.4 is 0 Å². The Bertz CT molecular complexity index is 809. The van der Waals surface area contributed by atoms with Crippen molar-refractivity contribution in [3.63, 3.8) is 0 Å². The van der Waals surface area contributed by atoms with E-state index in [2.05, 4.69) is 11.6 Å². The molecule has 0 fully saturated rings. The Balaban J connectivity index is 2.27. The molecule has 3 N–H and O–H groups in total. The number of rotatable bonds is 9. The molecular formula is C23H27NO3. The fourth-order valence-corrected chi connectivity index (χ4v) is 2.89. The van der Waals surface area contributed by atoms with Gasteiger partial charge in [0.1, 0.15) is 5.75 Å². The molecule has 27 heavy (non-hydrogen) atoms. The summed E-state index contributed by atoms with van der Waals surface area (Å²) < 4.78 is 0. The van der Waals surface area contributed by atoms with E-state index in [1.165, 1.54) is 0 Å². The second kappa shape index (κ2) is 10.5. The Morgan fingerprint density at radius 2 is 1.93 bits per heavy atom. The Labute approximate surface area is 160 Å². The van der Waals surface area contributed by atoms with Gasteiger partial charge in [0.2, 0.25) is 0 Å². The zero-order chi connectivity index (χ0) is 19.6. The largest absolute Gasteiger partial charge is 0.507 e. The molecule has 1 atom stereocenters. The van der Waals surface area contributed by atoms with Gasteiger partial charge in [0.05, 0.1) is 18.4 Å². The lowest BCUT2D eigenvalue weighted by Crippen LogP contribution is -2.13.